The number of nitrogens with zero attached hydrogens (tertiary/aromatic N) is 1. The van der Waals surface area contributed by atoms with Crippen molar-refractivity contribution >= 4 is 17.4 Å². The number of carbonyl (C=O) groups excluding carboxylic acids is 2. The van der Waals surface area contributed by atoms with Crippen LogP contribution in [0.4, 0.5) is 0 Å². The molecule has 1 heterocycles. The fraction of sp³-hybridized carbons (Fsp3) is 0.304. The molecule has 7 heteroatoms. The van der Waals surface area contributed by atoms with E-state index in [0.29, 0.717) is 35.7 Å². The van der Waals surface area contributed by atoms with Gasteiger partial charge in [0.05, 0.1) is 53.0 Å². The van der Waals surface area contributed by atoms with E-state index >= 15 is 0 Å². The molecule has 0 unspecified atom stereocenters. The van der Waals surface area contributed by atoms with Crippen molar-refractivity contribution in [3.05, 3.63) is 65.2 Å². The standard InChI is InChI=1S/C23H26N2O5/c1-24(2)12-13-25-20(17-11-10-16(29-3)14-18(17)30-4)19(22(27)23(25)28)21(26)15-8-6-5-7-9-15/h5-11,14,20,26H,12-13H2,1-4H3/p+1/t20-/m1/s1. The van der Waals surface area contributed by atoms with Gasteiger partial charge in [-0.15, -0.1) is 0 Å². The Bertz CT molecular complexity index is 969. The number of ketones is 1. The molecule has 1 aliphatic heterocycles. The van der Waals surface area contributed by atoms with Crippen LogP contribution >= 0.6 is 0 Å². The number of quaternary nitrogens is 1. The Morgan fingerprint density at radius 3 is 2.37 bits per heavy atom. The van der Waals surface area contributed by atoms with Crippen molar-refractivity contribution in [2.24, 2.45) is 0 Å². The molecule has 0 saturated carbocycles. The van der Waals surface area contributed by atoms with Crippen LogP contribution in [0.2, 0.25) is 0 Å². The van der Waals surface area contributed by atoms with E-state index in [4.69, 9.17) is 9.47 Å². The van der Waals surface area contributed by atoms with Gasteiger partial charge in [0.2, 0.25) is 0 Å². The molecular formula is C23H27N2O5+. The van der Waals surface area contributed by atoms with Crippen molar-refractivity contribution in [3.8, 4) is 11.5 Å². The number of amides is 1. The summed E-state index contributed by atoms with van der Waals surface area (Å²) in [5.41, 5.74) is 1.15. The van der Waals surface area contributed by atoms with Gasteiger partial charge in [0.25, 0.3) is 11.7 Å². The monoisotopic (exact) mass is 411 g/mol. The fourth-order valence-electron chi connectivity index (χ4n) is 3.57. The number of nitrogens with one attached hydrogen (secondary N) is 1. The second-order valence-corrected chi connectivity index (χ2v) is 7.42. The smallest absolute Gasteiger partial charge is 0.295 e. The van der Waals surface area contributed by atoms with E-state index in [1.165, 1.54) is 12.0 Å². The Hall–Kier alpha value is -3.32. The predicted octanol–water partition coefficient (Wildman–Crippen LogP) is 1.27. The third-order valence-electron chi connectivity index (χ3n) is 5.18. The SMILES string of the molecule is COc1ccc([C@@H]2C(=C(O)c3ccccc3)C(=O)C(=O)N2CC[NH+](C)C)c(OC)c1. The van der Waals surface area contributed by atoms with Gasteiger partial charge in [-0.3, -0.25) is 9.59 Å². The van der Waals surface area contributed by atoms with E-state index in [1.807, 2.05) is 20.2 Å². The normalized spacial score (nSPS) is 18.2. The molecule has 1 atom stereocenters. The second kappa shape index (κ2) is 9.00. The Balaban J connectivity index is 2.20. The molecule has 1 amide bonds. The first-order chi connectivity index (χ1) is 14.4. The van der Waals surface area contributed by atoms with E-state index < -0.39 is 17.7 Å². The number of likely N-dealkylation sites (tertiary alicyclic amines) is 1. The number of hydrogen-bond donors (Lipinski definition) is 2. The van der Waals surface area contributed by atoms with Crippen LogP contribution in [0.5, 0.6) is 11.5 Å². The summed E-state index contributed by atoms with van der Waals surface area (Å²) in [6, 6.07) is 13.2. The molecule has 0 aromatic heterocycles. The van der Waals surface area contributed by atoms with Crippen molar-refractivity contribution < 1.29 is 29.1 Å². The number of rotatable bonds is 7. The Labute approximate surface area is 176 Å². The minimum Gasteiger partial charge on any atom is -0.507 e. The Morgan fingerprint density at radius 1 is 1.07 bits per heavy atom. The van der Waals surface area contributed by atoms with Gasteiger partial charge in [-0.05, 0) is 12.1 Å². The number of carbonyl (C=O) groups is 2. The zero-order valence-corrected chi connectivity index (χ0v) is 17.6. The first kappa shape index (κ1) is 21.4. The lowest BCUT2D eigenvalue weighted by Crippen LogP contribution is -3.06. The van der Waals surface area contributed by atoms with Crippen LogP contribution in [0, 0.1) is 0 Å². The number of hydrogen-bond acceptors (Lipinski definition) is 5. The highest BCUT2D eigenvalue weighted by Gasteiger charge is 2.47. The van der Waals surface area contributed by atoms with Crippen molar-refractivity contribution in [2.45, 2.75) is 6.04 Å². The third kappa shape index (κ3) is 4.02. The zero-order chi connectivity index (χ0) is 21.8. The second-order valence-electron chi connectivity index (χ2n) is 7.42. The van der Waals surface area contributed by atoms with E-state index in [1.54, 1.807) is 49.6 Å². The molecule has 2 N–H and O–H groups in total. The molecular weight excluding hydrogens is 384 g/mol. The van der Waals surface area contributed by atoms with Crippen molar-refractivity contribution in [1.29, 1.82) is 0 Å². The first-order valence-electron chi connectivity index (χ1n) is 9.73. The van der Waals surface area contributed by atoms with E-state index in [2.05, 4.69) is 0 Å². The Kier molecular flexibility index (Phi) is 6.42. The minimum absolute atomic E-state index is 0.0587. The van der Waals surface area contributed by atoms with E-state index in [0.717, 1.165) is 4.90 Å². The topological polar surface area (TPSA) is 80.5 Å². The van der Waals surface area contributed by atoms with Gasteiger partial charge >= 0.3 is 0 Å². The summed E-state index contributed by atoms with van der Waals surface area (Å²) in [6.45, 7) is 1.01. The molecule has 2 aromatic carbocycles. The highest BCUT2D eigenvalue weighted by Crippen LogP contribution is 2.43. The van der Waals surface area contributed by atoms with Gasteiger partial charge in [-0.2, -0.15) is 0 Å². The van der Waals surface area contributed by atoms with Gasteiger partial charge in [0.1, 0.15) is 17.3 Å². The highest BCUT2D eigenvalue weighted by molar-refractivity contribution is 6.46. The summed E-state index contributed by atoms with van der Waals surface area (Å²) in [4.78, 5) is 28.6. The Morgan fingerprint density at radius 2 is 1.77 bits per heavy atom. The number of aliphatic hydroxyl groups excluding tert-OH is 1. The molecule has 0 spiro atoms. The number of aliphatic hydroxyl groups is 1. The summed E-state index contributed by atoms with van der Waals surface area (Å²) in [7, 11) is 7.02. The number of benzene rings is 2. The summed E-state index contributed by atoms with van der Waals surface area (Å²) in [6.07, 6.45) is 0. The van der Waals surface area contributed by atoms with Gasteiger partial charge in [-0.1, -0.05) is 30.3 Å². The molecule has 0 aliphatic carbocycles. The van der Waals surface area contributed by atoms with Crippen LogP contribution in [0.3, 0.4) is 0 Å². The average Bonchev–Trinajstić information content (AvgIpc) is 3.01. The van der Waals surface area contributed by atoms with Crippen LogP contribution in [0.15, 0.2) is 54.1 Å². The summed E-state index contributed by atoms with van der Waals surface area (Å²) >= 11 is 0. The molecule has 0 bridgehead atoms. The predicted molar refractivity (Wildman–Crippen MR) is 113 cm³/mol. The van der Waals surface area contributed by atoms with Gasteiger partial charge < -0.3 is 24.4 Å². The van der Waals surface area contributed by atoms with E-state index in [9.17, 15) is 14.7 Å². The molecule has 2 aromatic rings. The molecule has 1 fully saturated rings. The number of Topliss-reactive ketones (excluding diaryl/α,β-unsaturated/α-hetero) is 1. The molecule has 3 rings (SSSR count). The minimum atomic E-state index is -0.759. The molecule has 158 valence electrons. The van der Waals surface area contributed by atoms with E-state index in [-0.39, 0.29) is 11.3 Å². The van der Waals surface area contributed by atoms with Crippen LogP contribution < -0.4 is 14.4 Å². The van der Waals surface area contributed by atoms with Crippen LogP contribution in [0.25, 0.3) is 5.76 Å². The lowest BCUT2D eigenvalue weighted by Gasteiger charge is -2.27. The quantitative estimate of drug-likeness (QED) is 0.408. The summed E-state index contributed by atoms with van der Waals surface area (Å²) in [5.74, 6) is -0.461. The molecule has 30 heavy (non-hydrogen) atoms. The van der Waals surface area contributed by atoms with Crippen molar-refractivity contribution in [3.63, 3.8) is 0 Å². The zero-order valence-electron chi connectivity index (χ0n) is 17.6. The van der Waals surface area contributed by atoms with Crippen LogP contribution in [-0.2, 0) is 9.59 Å². The largest absolute Gasteiger partial charge is 0.507 e. The molecule has 0 radical (unpaired) electrons. The lowest BCUT2D eigenvalue weighted by molar-refractivity contribution is -0.857. The fourth-order valence-corrected chi connectivity index (χ4v) is 3.57. The summed E-state index contributed by atoms with van der Waals surface area (Å²) in [5, 5.41) is 11.0. The van der Waals surface area contributed by atoms with Gasteiger partial charge in [0, 0.05) is 17.2 Å². The maximum Gasteiger partial charge on any atom is 0.295 e. The first-order valence-corrected chi connectivity index (χ1v) is 9.73. The van der Waals surface area contributed by atoms with Gasteiger partial charge in [-0.25, -0.2) is 0 Å². The highest BCUT2D eigenvalue weighted by atomic mass is 16.5. The number of methoxy groups -OCH3 is 2. The maximum atomic E-state index is 13.0. The van der Waals surface area contributed by atoms with Gasteiger partial charge in [0.15, 0.2) is 0 Å². The number of likely N-dealkylation sites (N-methyl/N-ethyl adjacent to an activating group) is 1. The average molecular weight is 411 g/mol. The molecule has 1 aliphatic rings. The molecule has 1 saturated heterocycles. The van der Waals surface area contributed by atoms with Crippen LogP contribution in [0.1, 0.15) is 17.2 Å². The third-order valence-corrected chi connectivity index (χ3v) is 5.18. The summed E-state index contributed by atoms with van der Waals surface area (Å²) < 4.78 is 10.8. The lowest BCUT2D eigenvalue weighted by atomic mass is 9.94. The maximum absolute atomic E-state index is 13.0. The molecule has 7 nitrogen and oxygen atoms in total. The van der Waals surface area contributed by atoms with Crippen molar-refractivity contribution in [1.82, 2.24) is 4.90 Å². The number of ether oxygens (including phenoxy) is 2. The van der Waals surface area contributed by atoms with Crippen molar-refractivity contribution in [2.75, 3.05) is 41.4 Å². The van der Waals surface area contributed by atoms with Crippen LogP contribution in [-0.4, -0.2) is 63.1 Å².